The molecule has 2 nitrogen and oxygen atoms in total. The maximum atomic E-state index is 3.68. The van der Waals surface area contributed by atoms with Crippen molar-refractivity contribution in [3.05, 3.63) is 29.8 Å². The standard InChI is InChI=1S/C14H22N2/c1-11(2)13-6-4-5-7-14(13)15-12-8-9-16(3)10-12/h4-7,11-12,15H,8-10H2,1-3H3. The average Bonchev–Trinajstić information content (AvgIpc) is 2.64. The second-order valence-electron chi connectivity index (χ2n) is 5.13. The van der Waals surface area contributed by atoms with Gasteiger partial charge in [-0.05, 0) is 37.6 Å². The smallest absolute Gasteiger partial charge is 0.0400 e. The molecule has 16 heavy (non-hydrogen) atoms. The molecule has 1 unspecified atom stereocenters. The van der Waals surface area contributed by atoms with Gasteiger partial charge in [-0.1, -0.05) is 32.0 Å². The minimum Gasteiger partial charge on any atom is -0.381 e. The lowest BCUT2D eigenvalue weighted by molar-refractivity contribution is 0.414. The van der Waals surface area contributed by atoms with E-state index in [2.05, 4.69) is 55.4 Å². The first-order valence-electron chi connectivity index (χ1n) is 6.21. The number of likely N-dealkylation sites (N-methyl/N-ethyl adjacent to an activating group) is 1. The van der Waals surface area contributed by atoms with E-state index in [9.17, 15) is 0 Å². The summed E-state index contributed by atoms with van der Waals surface area (Å²) >= 11 is 0. The molecule has 88 valence electrons. The number of hydrogen-bond acceptors (Lipinski definition) is 2. The molecule has 0 bridgehead atoms. The average molecular weight is 218 g/mol. The van der Waals surface area contributed by atoms with Gasteiger partial charge in [0.25, 0.3) is 0 Å². The van der Waals surface area contributed by atoms with Gasteiger partial charge in [-0.3, -0.25) is 0 Å². The molecule has 1 aromatic carbocycles. The lowest BCUT2D eigenvalue weighted by atomic mass is 10.0. The molecule has 0 aliphatic carbocycles. The van der Waals surface area contributed by atoms with Crippen LogP contribution in [0.15, 0.2) is 24.3 Å². The summed E-state index contributed by atoms with van der Waals surface area (Å²) in [6.45, 7) is 6.87. The van der Waals surface area contributed by atoms with Crippen LogP contribution < -0.4 is 5.32 Å². The van der Waals surface area contributed by atoms with Gasteiger partial charge < -0.3 is 10.2 Å². The molecule has 1 aromatic rings. The summed E-state index contributed by atoms with van der Waals surface area (Å²) < 4.78 is 0. The fourth-order valence-electron chi connectivity index (χ4n) is 2.40. The highest BCUT2D eigenvalue weighted by Crippen LogP contribution is 2.25. The Kier molecular flexibility index (Phi) is 3.49. The Bertz CT molecular complexity index is 346. The predicted molar refractivity (Wildman–Crippen MR) is 70.1 cm³/mol. The highest BCUT2D eigenvalue weighted by atomic mass is 15.2. The van der Waals surface area contributed by atoms with E-state index < -0.39 is 0 Å². The minimum atomic E-state index is 0.586. The van der Waals surface area contributed by atoms with Crippen LogP contribution in [-0.4, -0.2) is 31.1 Å². The van der Waals surface area contributed by atoms with Gasteiger partial charge in [0.2, 0.25) is 0 Å². The van der Waals surface area contributed by atoms with Gasteiger partial charge in [0, 0.05) is 18.3 Å². The summed E-state index contributed by atoms with van der Waals surface area (Å²) in [7, 11) is 2.19. The van der Waals surface area contributed by atoms with E-state index in [4.69, 9.17) is 0 Å². The van der Waals surface area contributed by atoms with Crippen LogP contribution in [0.5, 0.6) is 0 Å². The normalized spacial score (nSPS) is 21.6. The Morgan fingerprint density at radius 2 is 2.06 bits per heavy atom. The molecule has 1 N–H and O–H groups in total. The molecule has 0 saturated carbocycles. The zero-order valence-corrected chi connectivity index (χ0v) is 10.5. The molecule has 0 spiro atoms. The van der Waals surface area contributed by atoms with E-state index in [1.807, 2.05) is 0 Å². The molecular weight excluding hydrogens is 196 g/mol. The van der Waals surface area contributed by atoms with Crippen molar-refractivity contribution < 1.29 is 0 Å². The van der Waals surface area contributed by atoms with E-state index in [0.717, 1.165) is 6.54 Å². The van der Waals surface area contributed by atoms with Gasteiger partial charge in [0.05, 0.1) is 0 Å². The number of nitrogens with zero attached hydrogens (tertiary/aromatic N) is 1. The summed E-state index contributed by atoms with van der Waals surface area (Å²) in [6, 6.07) is 9.29. The Morgan fingerprint density at radius 1 is 1.31 bits per heavy atom. The molecule has 0 amide bonds. The molecule has 2 rings (SSSR count). The van der Waals surface area contributed by atoms with Crippen LogP contribution in [0.2, 0.25) is 0 Å². The monoisotopic (exact) mass is 218 g/mol. The first-order chi connectivity index (χ1) is 7.66. The van der Waals surface area contributed by atoms with Crippen LogP contribution in [0, 0.1) is 0 Å². The molecule has 1 aliphatic heterocycles. The summed E-state index contributed by atoms with van der Waals surface area (Å²) in [4.78, 5) is 2.38. The maximum Gasteiger partial charge on any atom is 0.0400 e. The summed E-state index contributed by atoms with van der Waals surface area (Å²) in [6.07, 6.45) is 1.25. The molecule has 2 heteroatoms. The lowest BCUT2D eigenvalue weighted by Gasteiger charge is -2.19. The van der Waals surface area contributed by atoms with Crippen molar-refractivity contribution in [1.82, 2.24) is 4.90 Å². The van der Waals surface area contributed by atoms with Crippen molar-refractivity contribution in [1.29, 1.82) is 0 Å². The van der Waals surface area contributed by atoms with E-state index >= 15 is 0 Å². The Balaban J connectivity index is 2.09. The number of hydrogen-bond donors (Lipinski definition) is 1. The maximum absolute atomic E-state index is 3.68. The Hall–Kier alpha value is -1.02. The van der Waals surface area contributed by atoms with E-state index in [0.29, 0.717) is 12.0 Å². The molecular formula is C14H22N2. The van der Waals surface area contributed by atoms with E-state index in [1.165, 1.54) is 24.2 Å². The van der Waals surface area contributed by atoms with Crippen LogP contribution >= 0.6 is 0 Å². The molecule has 1 atom stereocenters. The second-order valence-corrected chi connectivity index (χ2v) is 5.13. The fraction of sp³-hybridized carbons (Fsp3) is 0.571. The Labute approximate surface area is 98.7 Å². The van der Waals surface area contributed by atoms with Gasteiger partial charge in [0.15, 0.2) is 0 Å². The van der Waals surface area contributed by atoms with Gasteiger partial charge in [-0.2, -0.15) is 0 Å². The summed E-state index contributed by atoms with van der Waals surface area (Å²) in [5.41, 5.74) is 2.75. The quantitative estimate of drug-likeness (QED) is 0.839. The predicted octanol–water partition coefficient (Wildman–Crippen LogP) is 2.93. The summed E-state index contributed by atoms with van der Waals surface area (Å²) in [5, 5.41) is 3.68. The third-order valence-corrected chi connectivity index (χ3v) is 3.33. The first-order valence-corrected chi connectivity index (χ1v) is 6.21. The molecule has 1 heterocycles. The van der Waals surface area contributed by atoms with Crippen molar-refractivity contribution in [2.75, 3.05) is 25.5 Å². The van der Waals surface area contributed by atoms with Gasteiger partial charge in [-0.15, -0.1) is 0 Å². The van der Waals surface area contributed by atoms with Crippen LogP contribution in [-0.2, 0) is 0 Å². The molecule has 1 saturated heterocycles. The Morgan fingerprint density at radius 3 is 2.69 bits per heavy atom. The van der Waals surface area contributed by atoms with Gasteiger partial charge in [0.1, 0.15) is 0 Å². The largest absolute Gasteiger partial charge is 0.381 e. The van der Waals surface area contributed by atoms with Crippen LogP contribution in [0.3, 0.4) is 0 Å². The third kappa shape index (κ3) is 2.56. The number of rotatable bonds is 3. The number of benzene rings is 1. The number of para-hydroxylation sites is 1. The zero-order valence-electron chi connectivity index (χ0n) is 10.5. The van der Waals surface area contributed by atoms with E-state index in [1.54, 1.807) is 0 Å². The third-order valence-electron chi connectivity index (χ3n) is 3.33. The number of nitrogens with one attached hydrogen (secondary N) is 1. The first kappa shape index (κ1) is 11.5. The van der Waals surface area contributed by atoms with Gasteiger partial charge >= 0.3 is 0 Å². The lowest BCUT2D eigenvalue weighted by Crippen LogP contribution is -2.24. The SMILES string of the molecule is CC(C)c1ccccc1NC1CCN(C)C1. The van der Waals surface area contributed by atoms with Crippen LogP contribution in [0.1, 0.15) is 31.7 Å². The van der Waals surface area contributed by atoms with Crippen molar-refractivity contribution in [3.8, 4) is 0 Å². The topological polar surface area (TPSA) is 15.3 Å². The van der Waals surface area contributed by atoms with Crippen LogP contribution in [0.4, 0.5) is 5.69 Å². The van der Waals surface area contributed by atoms with Gasteiger partial charge in [-0.25, -0.2) is 0 Å². The van der Waals surface area contributed by atoms with Crippen molar-refractivity contribution in [2.24, 2.45) is 0 Å². The summed E-state index contributed by atoms with van der Waals surface area (Å²) in [5.74, 6) is 0.586. The van der Waals surface area contributed by atoms with Crippen LogP contribution in [0.25, 0.3) is 0 Å². The molecule has 0 aromatic heterocycles. The van der Waals surface area contributed by atoms with Crippen molar-refractivity contribution >= 4 is 5.69 Å². The van der Waals surface area contributed by atoms with E-state index in [-0.39, 0.29) is 0 Å². The minimum absolute atomic E-state index is 0.586. The molecule has 1 fully saturated rings. The highest BCUT2D eigenvalue weighted by molar-refractivity contribution is 5.53. The zero-order chi connectivity index (χ0) is 11.5. The van der Waals surface area contributed by atoms with Crippen molar-refractivity contribution in [3.63, 3.8) is 0 Å². The molecule has 0 radical (unpaired) electrons. The molecule has 1 aliphatic rings. The number of anilines is 1. The highest BCUT2D eigenvalue weighted by Gasteiger charge is 2.19. The second kappa shape index (κ2) is 4.88. The fourth-order valence-corrected chi connectivity index (χ4v) is 2.40. The number of likely N-dealkylation sites (tertiary alicyclic amines) is 1. The van der Waals surface area contributed by atoms with Crippen molar-refractivity contribution in [2.45, 2.75) is 32.2 Å².